The van der Waals surface area contributed by atoms with Crippen LogP contribution in [0.2, 0.25) is 19.6 Å². The maximum absolute atomic E-state index is 13.1. The van der Waals surface area contributed by atoms with Gasteiger partial charge in [0.05, 0.1) is 0 Å². The monoisotopic (exact) mass is 1010 g/mol. The lowest BCUT2D eigenvalue weighted by Crippen LogP contribution is -2.52. The number of nitrogens with zero attached hydrogens (tertiary/aromatic N) is 1. The maximum atomic E-state index is 13.1. The molecule has 1 atom stereocenters. The van der Waals surface area contributed by atoms with Crippen molar-refractivity contribution in [2.45, 2.75) is 69.7 Å². The zero-order valence-corrected chi connectivity index (χ0v) is 40.1. The lowest BCUT2D eigenvalue weighted by atomic mass is 10.0. The predicted molar refractivity (Wildman–Crippen MR) is 242 cm³/mol. The Morgan fingerprint density at radius 2 is 0.828 bits per heavy atom. The first-order valence-electron chi connectivity index (χ1n) is 17.8. The lowest BCUT2D eigenvalue weighted by Gasteiger charge is -2.31. The van der Waals surface area contributed by atoms with Crippen LogP contribution in [0.4, 0.5) is 52.7 Å². The summed E-state index contributed by atoms with van der Waals surface area (Å²) >= 11 is 4.89. The molecule has 0 aliphatic rings. The number of nitrogens with two attached hydrogens (primary N) is 1. The van der Waals surface area contributed by atoms with E-state index in [-0.39, 0.29) is 22.3 Å². The molecular formula is C41H48F12N4O2S4Si. The van der Waals surface area contributed by atoms with E-state index >= 15 is 0 Å². The topological polar surface area (TPSA) is 116 Å². The molecule has 5 N–H and O–H groups in total. The van der Waals surface area contributed by atoms with Gasteiger partial charge < -0.3 is 14.5 Å². The Hall–Kier alpha value is -3.45. The van der Waals surface area contributed by atoms with Crippen molar-refractivity contribution in [3.63, 3.8) is 0 Å². The highest BCUT2D eigenvalue weighted by atomic mass is 32.2. The van der Waals surface area contributed by atoms with Crippen LogP contribution in [-0.2, 0) is 10.5 Å². The average Bonchev–Trinajstić information content (AvgIpc) is 3.24. The molecule has 0 fully saturated rings. The zero-order valence-electron chi connectivity index (χ0n) is 35.8. The van der Waals surface area contributed by atoms with Crippen LogP contribution in [0.25, 0.3) is 0 Å². The van der Waals surface area contributed by atoms with Gasteiger partial charge in [-0.25, -0.2) is 0 Å². The summed E-state index contributed by atoms with van der Waals surface area (Å²) in [6.45, 7) is 5.38. The van der Waals surface area contributed by atoms with Crippen molar-refractivity contribution in [1.29, 1.82) is 10.8 Å². The van der Waals surface area contributed by atoms with Crippen LogP contribution in [0.1, 0.15) is 22.3 Å². The number of hydrogen-bond acceptors (Lipinski definition) is 10. The van der Waals surface area contributed by atoms with Gasteiger partial charge in [-0.15, -0.1) is 47.0 Å². The summed E-state index contributed by atoms with van der Waals surface area (Å²) in [7, 11) is -0.241. The number of aliphatic hydroxyl groups is 1. The Balaban J connectivity index is 0.000000819. The zero-order chi connectivity index (χ0) is 49.9. The van der Waals surface area contributed by atoms with Gasteiger partial charge >= 0.3 is 24.7 Å². The highest BCUT2D eigenvalue weighted by Crippen LogP contribution is 2.41. The van der Waals surface area contributed by atoms with E-state index in [0.29, 0.717) is 19.6 Å². The number of nitrogens with one attached hydrogen (secondary N) is 2. The number of methoxy groups -OCH3 is 1. The number of aliphatic hydroxyl groups excluding tert-OH is 1. The third-order valence-electron chi connectivity index (χ3n) is 7.65. The molecule has 0 saturated heterocycles. The van der Waals surface area contributed by atoms with Gasteiger partial charge in [-0.1, -0.05) is 72.8 Å². The Kier molecular flexibility index (Phi) is 25.2. The second-order valence-electron chi connectivity index (χ2n) is 13.1. The number of thioether (sulfide) groups is 4. The molecule has 23 heteroatoms. The minimum Gasteiger partial charge on any atom is -0.400 e. The van der Waals surface area contributed by atoms with E-state index in [1.807, 2.05) is 0 Å². The van der Waals surface area contributed by atoms with Crippen LogP contribution >= 0.6 is 47.0 Å². The van der Waals surface area contributed by atoms with Crippen LogP contribution in [0.3, 0.4) is 0 Å². The normalized spacial score (nSPS) is 13.0. The van der Waals surface area contributed by atoms with Crippen molar-refractivity contribution in [2.24, 2.45) is 10.4 Å². The molecule has 4 aromatic carbocycles. The van der Waals surface area contributed by atoms with E-state index in [4.69, 9.17) is 21.7 Å². The first kappa shape index (κ1) is 60.5. The van der Waals surface area contributed by atoms with Gasteiger partial charge in [0.2, 0.25) is 5.72 Å². The summed E-state index contributed by atoms with van der Waals surface area (Å²) < 4.78 is 160. The Bertz CT molecular complexity index is 2040. The van der Waals surface area contributed by atoms with Gasteiger partial charge in [0, 0.05) is 56.1 Å². The van der Waals surface area contributed by atoms with E-state index < -0.39 is 55.8 Å². The Labute approximate surface area is 382 Å². The fourth-order valence-electron chi connectivity index (χ4n) is 4.79. The van der Waals surface area contributed by atoms with Gasteiger partial charge in [-0.2, -0.15) is 52.7 Å². The number of ether oxygens (including phenoxy) is 1. The van der Waals surface area contributed by atoms with Crippen molar-refractivity contribution in [3.05, 3.63) is 119 Å². The molecule has 64 heavy (non-hydrogen) atoms. The van der Waals surface area contributed by atoms with E-state index in [9.17, 15) is 52.7 Å². The molecule has 0 aliphatic carbocycles. The quantitative estimate of drug-likeness (QED) is 0.0411. The predicted octanol–water partition coefficient (Wildman–Crippen LogP) is 13.6. The molecule has 0 heterocycles. The SMILES string of the molecule is CO.COC(N)(c1ccccc1SC)C(F)(F)F.CSc1ccccc1C(=N)C(F)(F)F.CSc1ccccc1C(=N)C(F)(F)F.CSc1ccccc1C(=N[Si](C)(C)C)C(F)(F)F. The minimum atomic E-state index is -4.66. The highest BCUT2D eigenvalue weighted by Gasteiger charge is 2.55. The average molecular weight is 1010 g/mol. The fourth-order valence-corrected chi connectivity index (χ4v) is 8.17. The van der Waals surface area contributed by atoms with Gasteiger partial charge in [0.1, 0.15) is 17.1 Å². The first-order valence-corrected chi connectivity index (χ1v) is 26.2. The Morgan fingerprint density at radius 3 is 1.11 bits per heavy atom. The molecule has 0 aliphatic heterocycles. The number of hydrogen-bond donors (Lipinski definition) is 4. The van der Waals surface area contributed by atoms with Crippen LogP contribution in [0, 0.1) is 10.8 Å². The second kappa shape index (κ2) is 26.6. The van der Waals surface area contributed by atoms with Crippen molar-refractivity contribution in [2.75, 3.05) is 39.2 Å². The largest absolute Gasteiger partial charge is 0.435 e. The summed E-state index contributed by atoms with van der Waals surface area (Å²) in [5.74, 6) is 0. The molecule has 4 aromatic rings. The maximum Gasteiger partial charge on any atom is 0.435 e. The van der Waals surface area contributed by atoms with Gasteiger partial charge in [0.25, 0.3) is 0 Å². The van der Waals surface area contributed by atoms with E-state index in [0.717, 1.165) is 14.2 Å². The summed E-state index contributed by atoms with van der Waals surface area (Å²) in [6, 6.07) is 24.6. The van der Waals surface area contributed by atoms with Crippen molar-refractivity contribution >= 4 is 72.4 Å². The van der Waals surface area contributed by atoms with E-state index in [2.05, 4.69) is 9.39 Å². The number of benzene rings is 4. The minimum absolute atomic E-state index is 0.0625. The fraction of sp³-hybridized carbons (Fsp3) is 0.341. The molecule has 0 aromatic heterocycles. The molecule has 4 rings (SSSR count). The Morgan fingerprint density at radius 1 is 0.531 bits per heavy atom. The highest BCUT2D eigenvalue weighted by molar-refractivity contribution is 7.99. The summed E-state index contributed by atoms with van der Waals surface area (Å²) in [5, 5.41) is 21.0. The van der Waals surface area contributed by atoms with Crippen molar-refractivity contribution in [3.8, 4) is 0 Å². The standard InChI is InChI=1S/C12H16F3NSSi.C10H12F3NOS.2C9H8F3NS.CH4O/c1-17-10-8-6-5-7-9(10)11(12(13,14)15)16-18(2,3)4;1-15-9(14,10(11,12)13)7-5-3-4-6-8(7)16-2;2*1-14-7-5-3-2-4-6(7)8(13)9(10,11)12;1-2/h5-8H,1-4H3;3-6H,14H2,1-2H3;2*2-5,13H,1H3;2H,1H3. The third kappa shape index (κ3) is 18.8. The lowest BCUT2D eigenvalue weighted by molar-refractivity contribution is -0.275. The number of halogens is 12. The van der Waals surface area contributed by atoms with Crippen LogP contribution in [0.5, 0.6) is 0 Å². The summed E-state index contributed by atoms with van der Waals surface area (Å²) in [4.78, 5) is 1.99. The van der Waals surface area contributed by atoms with Crippen molar-refractivity contribution < 1.29 is 62.5 Å². The number of rotatable bonds is 10. The molecule has 0 amide bonds. The molecular weight excluding hydrogens is 965 g/mol. The van der Waals surface area contributed by atoms with Gasteiger partial charge in [0.15, 0.2) is 8.24 Å². The second-order valence-corrected chi connectivity index (χ2v) is 21.1. The van der Waals surface area contributed by atoms with Crippen molar-refractivity contribution in [1.82, 2.24) is 0 Å². The van der Waals surface area contributed by atoms with E-state index in [1.54, 1.807) is 99.3 Å². The first-order chi connectivity index (χ1) is 29.4. The van der Waals surface area contributed by atoms with E-state index in [1.165, 1.54) is 89.5 Å². The summed E-state index contributed by atoms with van der Waals surface area (Å²) in [5.41, 5.74) is -0.785. The summed E-state index contributed by atoms with van der Waals surface area (Å²) in [6.07, 6.45) is -11.4. The van der Waals surface area contributed by atoms with Crippen LogP contribution in [-0.4, -0.2) is 94.4 Å². The van der Waals surface area contributed by atoms with Gasteiger partial charge in [-0.3, -0.25) is 16.6 Å². The van der Waals surface area contributed by atoms with Gasteiger partial charge in [-0.05, 0) is 68.9 Å². The molecule has 356 valence electrons. The molecule has 0 saturated carbocycles. The molecule has 0 bridgehead atoms. The third-order valence-corrected chi connectivity index (χ3v) is 11.7. The van der Waals surface area contributed by atoms with Crippen LogP contribution in [0.15, 0.2) is 121 Å². The molecule has 0 radical (unpaired) electrons. The molecule has 0 spiro atoms. The van der Waals surface area contributed by atoms with Crippen LogP contribution < -0.4 is 5.73 Å². The molecule has 1 unspecified atom stereocenters. The smallest absolute Gasteiger partial charge is 0.400 e. The molecule has 6 nitrogen and oxygen atoms in total. The number of alkyl halides is 12.